The van der Waals surface area contributed by atoms with Crippen molar-refractivity contribution in [2.75, 3.05) is 7.11 Å². The molecule has 0 heterocycles. The molecule has 2 atom stereocenters. The van der Waals surface area contributed by atoms with Crippen molar-refractivity contribution >= 4 is 5.91 Å². The van der Waals surface area contributed by atoms with Gasteiger partial charge in [0.05, 0.1) is 13.2 Å². The lowest BCUT2D eigenvalue weighted by atomic mass is 9.96. The van der Waals surface area contributed by atoms with Crippen LogP contribution in [-0.4, -0.2) is 19.1 Å². The van der Waals surface area contributed by atoms with Gasteiger partial charge in [-0.2, -0.15) is 0 Å². The summed E-state index contributed by atoms with van der Waals surface area (Å²) in [6, 6.07) is 13.2. The number of rotatable bonds is 8. The molecule has 0 spiro atoms. The van der Waals surface area contributed by atoms with Gasteiger partial charge >= 0.3 is 0 Å². The van der Waals surface area contributed by atoms with Gasteiger partial charge in [0.15, 0.2) is 6.10 Å². The number of halogens is 1. The molecule has 4 nitrogen and oxygen atoms in total. The van der Waals surface area contributed by atoms with Gasteiger partial charge in [-0.05, 0) is 61.2 Å². The molecule has 2 aromatic carbocycles. The molecule has 1 amide bonds. The predicted octanol–water partition coefficient (Wildman–Crippen LogP) is 4.51. The molecule has 140 valence electrons. The van der Waals surface area contributed by atoms with E-state index in [4.69, 9.17) is 9.47 Å². The standard InChI is InChI=1S/C21H26FNO3/c1-14(2)13-20(16-5-9-18(25-4)10-6-16)23-21(24)15(3)26-19-11-7-17(22)8-12-19/h5-12,14-15,20H,13H2,1-4H3,(H,23,24)/t15-,20-/m0/s1. The van der Waals surface area contributed by atoms with Crippen LogP contribution >= 0.6 is 0 Å². The van der Waals surface area contributed by atoms with Gasteiger partial charge in [-0.15, -0.1) is 0 Å². The van der Waals surface area contributed by atoms with Gasteiger partial charge < -0.3 is 14.8 Å². The Morgan fingerprint density at radius 3 is 2.12 bits per heavy atom. The number of benzene rings is 2. The SMILES string of the molecule is COc1ccc([C@H](CC(C)C)NC(=O)[C@H](C)Oc2ccc(F)cc2)cc1. The largest absolute Gasteiger partial charge is 0.497 e. The van der Waals surface area contributed by atoms with Gasteiger partial charge in [-0.25, -0.2) is 4.39 Å². The van der Waals surface area contributed by atoms with Gasteiger partial charge in [0.1, 0.15) is 17.3 Å². The lowest BCUT2D eigenvalue weighted by Gasteiger charge is -2.23. The van der Waals surface area contributed by atoms with E-state index in [1.807, 2.05) is 24.3 Å². The van der Waals surface area contributed by atoms with E-state index in [2.05, 4.69) is 19.2 Å². The van der Waals surface area contributed by atoms with Crippen molar-refractivity contribution in [1.29, 1.82) is 0 Å². The zero-order valence-corrected chi connectivity index (χ0v) is 15.7. The van der Waals surface area contributed by atoms with E-state index in [9.17, 15) is 9.18 Å². The van der Waals surface area contributed by atoms with E-state index in [1.54, 1.807) is 14.0 Å². The average Bonchev–Trinajstić information content (AvgIpc) is 2.62. The van der Waals surface area contributed by atoms with Gasteiger partial charge in [-0.3, -0.25) is 4.79 Å². The molecule has 26 heavy (non-hydrogen) atoms. The summed E-state index contributed by atoms with van der Waals surface area (Å²) in [4.78, 5) is 12.6. The molecule has 5 heteroatoms. The molecule has 0 unspecified atom stereocenters. The van der Waals surface area contributed by atoms with Crippen molar-refractivity contribution in [3.63, 3.8) is 0 Å². The Balaban J connectivity index is 2.05. The first-order valence-corrected chi connectivity index (χ1v) is 8.75. The second-order valence-electron chi connectivity index (χ2n) is 6.68. The number of carbonyl (C=O) groups is 1. The molecule has 0 saturated carbocycles. The second kappa shape index (κ2) is 9.22. The van der Waals surface area contributed by atoms with Crippen LogP contribution in [-0.2, 0) is 4.79 Å². The smallest absolute Gasteiger partial charge is 0.261 e. The van der Waals surface area contributed by atoms with Crippen molar-refractivity contribution < 1.29 is 18.7 Å². The Morgan fingerprint density at radius 1 is 1.00 bits per heavy atom. The van der Waals surface area contributed by atoms with E-state index >= 15 is 0 Å². The normalized spacial score (nSPS) is 13.2. The number of carbonyl (C=O) groups excluding carboxylic acids is 1. The van der Waals surface area contributed by atoms with Crippen LogP contribution in [0.15, 0.2) is 48.5 Å². The maximum Gasteiger partial charge on any atom is 0.261 e. The number of hydrogen-bond donors (Lipinski definition) is 1. The fraction of sp³-hybridized carbons (Fsp3) is 0.381. The summed E-state index contributed by atoms with van der Waals surface area (Å²) in [5.41, 5.74) is 1.02. The first-order chi connectivity index (χ1) is 12.4. The number of amides is 1. The topological polar surface area (TPSA) is 47.6 Å². The summed E-state index contributed by atoms with van der Waals surface area (Å²) in [5.74, 6) is 1.09. The molecule has 0 bridgehead atoms. The van der Waals surface area contributed by atoms with Crippen LogP contribution in [0.2, 0.25) is 0 Å². The third-order valence-electron chi connectivity index (χ3n) is 4.04. The fourth-order valence-corrected chi connectivity index (χ4v) is 2.65. The zero-order valence-electron chi connectivity index (χ0n) is 15.7. The van der Waals surface area contributed by atoms with Gasteiger partial charge in [0, 0.05) is 0 Å². The van der Waals surface area contributed by atoms with E-state index < -0.39 is 6.10 Å². The molecule has 0 aliphatic rings. The van der Waals surface area contributed by atoms with Gasteiger partial charge in [0.25, 0.3) is 5.91 Å². The Morgan fingerprint density at radius 2 is 1.58 bits per heavy atom. The van der Waals surface area contributed by atoms with Gasteiger partial charge in [0.2, 0.25) is 0 Å². The van der Waals surface area contributed by atoms with E-state index in [-0.39, 0.29) is 17.8 Å². The molecule has 2 aromatic rings. The van der Waals surface area contributed by atoms with Crippen LogP contribution < -0.4 is 14.8 Å². The van der Waals surface area contributed by atoms with Crippen molar-refractivity contribution in [3.05, 3.63) is 59.9 Å². The van der Waals surface area contributed by atoms with Crippen LogP contribution in [0.5, 0.6) is 11.5 Å². The first-order valence-electron chi connectivity index (χ1n) is 8.75. The van der Waals surface area contributed by atoms with Crippen LogP contribution in [0, 0.1) is 11.7 Å². The van der Waals surface area contributed by atoms with E-state index in [1.165, 1.54) is 24.3 Å². The molecule has 1 N–H and O–H groups in total. The molecule has 0 aliphatic heterocycles. The van der Waals surface area contributed by atoms with Crippen LogP contribution in [0.25, 0.3) is 0 Å². The second-order valence-corrected chi connectivity index (χ2v) is 6.68. The molecule has 0 saturated heterocycles. The van der Waals surface area contributed by atoms with E-state index in [0.29, 0.717) is 11.7 Å². The molecule has 0 aliphatic carbocycles. The summed E-state index contributed by atoms with van der Waals surface area (Å²) in [7, 11) is 1.62. The third kappa shape index (κ3) is 5.76. The molecule has 0 fully saturated rings. The predicted molar refractivity (Wildman–Crippen MR) is 99.8 cm³/mol. The Hall–Kier alpha value is -2.56. The highest BCUT2D eigenvalue weighted by Crippen LogP contribution is 2.24. The van der Waals surface area contributed by atoms with Crippen LogP contribution in [0.1, 0.15) is 38.8 Å². The van der Waals surface area contributed by atoms with Crippen LogP contribution in [0.3, 0.4) is 0 Å². The molecular formula is C21H26FNO3. The fourth-order valence-electron chi connectivity index (χ4n) is 2.65. The van der Waals surface area contributed by atoms with Crippen molar-refractivity contribution in [1.82, 2.24) is 5.32 Å². The Labute approximate surface area is 154 Å². The lowest BCUT2D eigenvalue weighted by Crippen LogP contribution is -2.39. The van der Waals surface area contributed by atoms with Gasteiger partial charge in [-0.1, -0.05) is 26.0 Å². The highest BCUT2D eigenvalue weighted by Gasteiger charge is 2.21. The Kier molecular flexibility index (Phi) is 7.01. The monoisotopic (exact) mass is 359 g/mol. The lowest BCUT2D eigenvalue weighted by molar-refractivity contribution is -0.128. The van der Waals surface area contributed by atoms with Crippen molar-refractivity contribution in [2.24, 2.45) is 5.92 Å². The average molecular weight is 359 g/mol. The first kappa shape index (κ1) is 19.8. The number of ether oxygens (including phenoxy) is 2. The summed E-state index contributed by atoms with van der Waals surface area (Å²) in [6.07, 6.45) is 0.120. The minimum absolute atomic E-state index is 0.118. The Bertz CT molecular complexity index is 698. The maximum absolute atomic E-state index is 13.0. The molecule has 2 rings (SSSR count). The third-order valence-corrected chi connectivity index (χ3v) is 4.04. The summed E-state index contributed by atoms with van der Waals surface area (Å²) in [5, 5.41) is 3.05. The minimum Gasteiger partial charge on any atom is -0.497 e. The quantitative estimate of drug-likeness (QED) is 0.755. The molecule has 0 aromatic heterocycles. The summed E-state index contributed by atoms with van der Waals surface area (Å²) in [6.45, 7) is 5.90. The highest BCUT2D eigenvalue weighted by atomic mass is 19.1. The summed E-state index contributed by atoms with van der Waals surface area (Å²) >= 11 is 0. The maximum atomic E-state index is 13.0. The number of hydrogen-bond acceptors (Lipinski definition) is 3. The molecular weight excluding hydrogens is 333 g/mol. The zero-order chi connectivity index (χ0) is 19.1. The minimum atomic E-state index is -0.687. The number of nitrogens with one attached hydrogen (secondary N) is 1. The van der Waals surface area contributed by atoms with Crippen molar-refractivity contribution in [3.8, 4) is 11.5 Å². The van der Waals surface area contributed by atoms with E-state index in [0.717, 1.165) is 17.7 Å². The summed E-state index contributed by atoms with van der Waals surface area (Å²) < 4.78 is 23.8. The van der Waals surface area contributed by atoms with Crippen molar-refractivity contribution in [2.45, 2.75) is 39.3 Å². The molecule has 0 radical (unpaired) electrons. The number of methoxy groups -OCH3 is 1. The van der Waals surface area contributed by atoms with Crippen LogP contribution in [0.4, 0.5) is 4.39 Å². The highest BCUT2D eigenvalue weighted by molar-refractivity contribution is 5.81.